The summed E-state index contributed by atoms with van der Waals surface area (Å²) in [6, 6.07) is 19.9. The first-order valence-corrected chi connectivity index (χ1v) is 13.7. The molecule has 1 aliphatic rings. The second-order valence-electron chi connectivity index (χ2n) is 9.66. The van der Waals surface area contributed by atoms with E-state index in [1.807, 2.05) is 65.3 Å². The second kappa shape index (κ2) is 14.3. The third-order valence-electron chi connectivity index (χ3n) is 6.60. The van der Waals surface area contributed by atoms with Gasteiger partial charge in [-0.2, -0.15) is 5.10 Å². The van der Waals surface area contributed by atoms with E-state index in [9.17, 15) is 5.11 Å². The smallest absolute Gasteiger partial charge is 0.227 e. The molecule has 1 aliphatic heterocycles. The van der Waals surface area contributed by atoms with Crippen molar-refractivity contribution in [3.05, 3.63) is 71.9 Å². The van der Waals surface area contributed by atoms with Crippen molar-refractivity contribution in [2.75, 3.05) is 32.9 Å². The zero-order valence-electron chi connectivity index (χ0n) is 22.2. The Balaban J connectivity index is 1.62. The molecule has 1 aromatic heterocycles. The lowest BCUT2D eigenvalue weighted by atomic mass is 10.1. The summed E-state index contributed by atoms with van der Waals surface area (Å²) >= 11 is 0. The molecule has 0 radical (unpaired) electrons. The lowest BCUT2D eigenvalue weighted by molar-refractivity contribution is 0.00135. The molecule has 0 aliphatic carbocycles. The molecule has 0 spiro atoms. The van der Waals surface area contributed by atoms with Crippen LogP contribution in [0, 0.1) is 0 Å². The van der Waals surface area contributed by atoms with E-state index in [-0.39, 0.29) is 6.10 Å². The standard InChI is InChI=1S/C30H41N3O4/c1-3-5-18-35-23-25(34)20-32(21-27-17-12-19-36-27)22-28-29(4-2)31-33(24-13-8-6-9-14-24)30(28)37-26-15-10-7-11-16-26/h6-11,13-16,25,27,34H,3-5,12,17-23H2,1-2H3/t25-,27-/m0/s1. The second-order valence-corrected chi connectivity index (χ2v) is 9.66. The molecule has 2 atom stereocenters. The maximum absolute atomic E-state index is 10.8. The van der Waals surface area contributed by atoms with Crippen LogP contribution >= 0.6 is 0 Å². The molecular weight excluding hydrogens is 466 g/mol. The highest BCUT2D eigenvalue weighted by Gasteiger charge is 2.26. The first-order chi connectivity index (χ1) is 18.2. The van der Waals surface area contributed by atoms with E-state index >= 15 is 0 Å². The summed E-state index contributed by atoms with van der Waals surface area (Å²) in [5, 5.41) is 15.8. The molecule has 2 aromatic carbocycles. The summed E-state index contributed by atoms with van der Waals surface area (Å²) in [6.45, 7) is 7.91. The van der Waals surface area contributed by atoms with Gasteiger partial charge in [-0.25, -0.2) is 4.68 Å². The van der Waals surface area contributed by atoms with Crippen LogP contribution in [0.3, 0.4) is 0 Å². The maximum atomic E-state index is 10.8. The van der Waals surface area contributed by atoms with E-state index in [1.54, 1.807) is 0 Å². The van der Waals surface area contributed by atoms with Crippen LogP contribution in [0.2, 0.25) is 0 Å². The van der Waals surface area contributed by atoms with Gasteiger partial charge in [0.1, 0.15) is 5.75 Å². The average molecular weight is 508 g/mol. The van der Waals surface area contributed by atoms with Crippen LogP contribution in [-0.4, -0.2) is 64.9 Å². The monoisotopic (exact) mass is 507 g/mol. The average Bonchev–Trinajstić information content (AvgIpc) is 3.56. The molecule has 0 saturated carbocycles. The number of benzene rings is 2. The van der Waals surface area contributed by atoms with Gasteiger partial charge in [0.05, 0.1) is 35.8 Å². The molecule has 1 saturated heterocycles. The molecule has 2 heterocycles. The fraction of sp³-hybridized carbons (Fsp3) is 0.500. The Bertz CT molecular complexity index is 1050. The number of ether oxygens (including phenoxy) is 3. The van der Waals surface area contributed by atoms with Crippen LogP contribution < -0.4 is 4.74 Å². The SMILES string of the molecule is CCCCOC[C@@H](O)CN(Cc1c(CC)nn(-c2ccccc2)c1Oc1ccccc1)C[C@@H]1CCCO1. The van der Waals surface area contributed by atoms with Gasteiger partial charge in [-0.15, -0.1) is 0 Å². The minimum absolute atomic E-state index is 0.168. The topological polar surface area (TPSA) is 69.0 Å². The van der Waals surface area contributed by atoms with Crippen molar-refractivity contribution in [3.8, 4) is 17.3 Å². The van der Waals surface area contributed by atoms with Gasteiger partial charge < -0.3 is 19.3 Å². The number of nitrogens with zero attached hydrogens (tertiary/aromatic N) is 3. The summed E-state index contributed by atoms with van der Waals surface area (Å²) in [5.74, 6) is 1.47. The van der Waals surface area contributed by atoms with E-state index < -0.39 is 6.10 Å². The Labute approximate surface area is 221 Å². The van der Waals surface area contributed by atoms with Gasteiger partial charge in [0, 0.05) is 32.8 Å². The zero-order chi connectivity index (χ0) is 25.9. The van der Waals surface area contributed by atoms with Crippen molar-refractivity contribution in [1.82, 2.24) is 14.7 Å². The van der Waals surface area contributed by atoms with Crippen molar-refractivity contribution in [2.24, 2.45) is 0 Å². The zero-order valence-corrected chi connectivity index (χ0v) is 22.2. The van der Waals surface area contributed by atoms with Crippen molar-refractivity contribution in [1.29, 1.82) is 0 Å². The Kier molecular flexibility index (Phi) is 10.6. The van der Waals surface area contributed by atoms with Crippen LogP contribution in [-0.2, 0) is 22.4 Å². The normalized spacial score (nSPS) is 16.4. The molecule has 37 heavy (non-hydrogen) atoms. The van der Waals surface area contributed by atoms with Gasteiger partial charge in [0.15, 0.2) is 0 Å². The highest BCUT2D eigenvalue weighted by molar-refractivity contribution is 5.43. The van der Waals surface area contributed by atoms with E-state index in [2.05, 4.69) is 18.7 Å². The van der Waals surface area contributed by atoms with Crippen LogP contribution in [0.1, 0.15) is 50.8 Å². The third-order valence-corrected chi connectivity index (χ3v) is 6.60. The highest BCUT2D eigenvalue weighted by atomic mass is 16.5. The van der Waals surface area contributed by atoms with E-state index in [0.29, 0.717) is 32.2 Å². The molecule has 1 fully saturated rings. The summed E-state index contributed by atoms with van der Waals surface area (Å²) < 4.78 is 20.1. The Morgan fingerprint density at radius 1 is 1.11 bits per heavy atom. The van der Waals surface area contributed by atoms with E-state index in [4.69, 9.17) is 19.3 Å². The largest absolute Gasteiger partial charge is 0.439 e. The highest BCUT2D eigenvalue weighted by Crippen LogP contribution is 2.32. The number of rotatable bonds is 15. The van der Waals surface area contributed by atoms with Gasteiger partial charge in [0.2, 0.25) is 5.88 Å². The van der Waals surface area contributed by atoms with Gasteiger partial charge in [0.25, 0.3) is 0 Å². The summed E-state index contributed by atoms with van der Waals surface area (Å²) in [6.07, 6.45) is 4.57. The number of unbranched alkanes of at least 4 members (excludes halogenated alkanes) is 1. The number of aliphatic hydroxyl groups excluding tert-OH is 1. The number of para-hydroxylation sites is 2. The Morgan fingerprint density at radius 3 is 2.54 bits per heavy atom. The summed E-state index contributed by atoms with van der Waals surface area (Å²) in [7, 11) is 0. The minimum Gasteiger partial charge on any atom is -0.439 e. The van der Waals surface area contributed by atoms with Gasteiger partial charge in [-0.1, -0.05) is 56.7 Å². The molecule has 0 amide bonds. The quantitative estimate of drug-likeness (QED) is 0.278. The van der Waals surface area contributed by atoms with Crippen molar-refractivity contribution < 1.29 is 19.3 Å². The van der Waals surface area contributed by atoms with Crippen LogP contribution in [0.25, 0.3) is 5.69 Å². The minimum atomic E-state index is -0.578. The molecule has 7 nitrogen and oxygen atoms in total. The molecular formula is C30H41N3O4. The van der Waals surface area contributed by atoms with Gasteiger partial charge >= 0.3 is 0 Å². The molecule has 7 heteroatoms. The molecule has 200 valence electrons. The van der Waals surface area contributed by atoms with Crippen LogP contribution in [0.4, 0.5) is 0 Å². The molecule has 0 unspecified atom stereocenters. The first-order valence-electron chi connectivity index (χ1n) is 13.7. The van der Waals surface area contributed by atoms with Crippen molar-refractivity contribution in [3.63, 3.8) is 0 Å². The number of hydrogen-bond acceptors (Lipinski definition) is 6. The Hall–Kier alpha value is -2.71. The molecule has 0 bridgehead atoms. The third kappa shape index (κ3) is 7.89. The predicted molar refractivity (Wildman–Crippen MR) is 145 cm³/mol. The predicted octanol–water partition coefficient (Wildman–Crippen LogP) is 5.39. The van der Waals surface area contributed by atoms with Crippen LogP contribution in [0.5, 0.6) is 11.6 Å². The van der Waals surface area contributed by atoms with Crippen LogP contribution in [0.15, 0.2) is 60.7 Å². The van der Waals surface area contributed by atoms with Gasteiger partial charge in [-0.3, -0.25) is 4.90 Å². The number of aromatic nitrogens is 2. The van der Waals surface area contributed by atoms with E-state index in [0.717, 1.165) is 68.0 Å². The number of aliphatic hydroxyl groups is 1. The maximum Gasteiger partial charge on any atom is 0.227 e. The lowest BCUT2D eigenvalue weighted by Crippen LogP contribution is -2.39. The molecule has 3 aromatic rings. The fourth-order valence-corrected chi connectivity index (χ4v) is 4.69. The Morgan fingerprint density at radius 2 is 1.86 bits per heavy atom. The van der Waals surface area contributed by atoms with Crippen molar-refractivity contribution in [2.45, 2.75) is 64.7 Å². The number of aryl methyl sites for hydroxylation is 1. The van der Waals surface area contributed by atoms with Crippen molar-refractivity contribution >= 4 is 0 Å². The van der Waals surface area contributed by atoms with E-state index in [1.165, 1.54) is 0 Å². The van der Waals surface area contributed by atoms with Gasteiger partial charge in [-0.05, 0) is 49.9 Å². The molecule has 1 N–H and O–H groups in total. The summed E-state index contributed by atoms with van der Waals surface area (Å²) in [4.78, 5) is 2.27. The lowest BCUT2D eigenvalue weighted by Gasteiger charge is -2.27. The summed E-state index contributed by atoms with van der Waals surface area (Å²) in [5.41, 5.74) is 2.97. The first kappa shape index (κ1) is 27.3. The molecule has 4 rings (SSSR count). The number of hydrogen-bond donors (Lipinski definition) is 1. The fourth-order valence-electron chi connectivity index (χ4n) is 4.69.